The Balaban J connectivity index is 1.78. The van der Waals surface area contributed by atoms with E-state index in [1.165, 1.54) is 18.9 Å². The second-order valence-corrected chi connectivity index (χ2v) is 4.49. The summed E-state index contributed by atoms with van der Waals surface area (Å²) in [6.45, 7) is 0.276. The fraction of sp³-hybridized carbons (Fsp3) is 0.333. The average molecular weight is 247 g/mol. The number of nitrogens with one attached hydrogen (secondary N) is 2. The molecule has 3 rings (SSSR count). The quantitative estimate of drug-likeness (QED) is 0.772. The Morgan fingerprint density at radius 3 is 2.94 bits per heavy atom. The van der Waals surface area contributed by atoms with Crippen molar-refractivity contribution in [2.45, 2.75) is 25.3 Å². The van der Waals surface area contributed by atoms with Crippen molar-refractivity contribution in [3.05, 3.63) is 35.4 Å². The summed E-state index contributed by atoms with van der Waals surface area (Å²) in [5.74, 6) is 0.921. The number of H-pyrrole nitrogens is 1. The van der Waals surface area contributed by atoms with Gasteiger partial charge in [-0.2, -0.15) is 5.10 Å². The van der Waals surface area contributed by atoms with E-state index < -0.39 is 5.82 Å². The van der Waals surface area contributed by atoms with Gasteiger partial charge in [0.1, 0.15) is 0 Å². The molecular weight excluding hydrogens is 233 g/mol. The molecule has 0 radical (unpaired) electrons. The van der Waals surface area contributed by atoms with Gasteiger partial charge in [-0.25, -0.2) is 9.37 Å². The maximum absolute atomic E-state index is 13.7. The summed E-state index contributed by atoms with van der Waals surface area (Å²) >= 11 is 0. The lowest BCUT2D eigenvalue weighted by Crippen LogP contribution is -2.02. The van der Waals surface area contributed by atoms with Crippen molar-refractivity contribution in [1.29, 1.82) is 0 Å². The highest BCUT2D eigenvalue weighted by Crippen LogP contribution is 2.39. The summed E-state index contributed by atoms with van der Waals surface area (Å²) < 4.78 is 13.7. The van der Waals surface area contributed by atoms with E-state index >= 15 is 0 Å². The van der Waals surface area contributed by atoms with E-state index in [4.69, 9.17) is 5.73 Å². The first-order chi connectivity index (χ1) is 8.76. The van der Waals surface area contributed by atoms with Crippen LogP contribution in [0, 0.1) is 5.82 Å². The predicted molar refractivity (Wildman–Crippen MR) is 65.9 cm³/mol. The van der Waals surface area contributed by atoms with Crippen molar-refractivity contribution in [2.75, 3.05) is 5.32 Å². The van der Waals surface area contributed by atoms with Crippen LogP contribution in [-0.4, -0.2) is 15.2 Å². The molecule has 0 amide bonds. The molecule has 1 aliphatic rings. The van der Waals surface area contributed by atoms with Crippen molar-refractivity contribution < 1.29 is 4.39 Å². The molecule has 4 N–H and O–H groups in total. The Labute approximate surface area is 104 Å². The molecule has 0 atom stereocenters. The Kier molecular flexibility index (Phi) is 2.71. The molecule has 94 valence electrons. The van der Waals surface area contributed by atoms with Crippen LogP contribution in [0.4, 0.5) is 16.0 Å². The summed E-state index contributed by atoms with van der Waals surface area (Å²) in [6.07, 6.45) is 3.94. The number of halogens is 1. The lowest BCUT2D eigenvalue weighted by molar-refractivity contribution is 0.623. The molecule has 1 fully saturated rings. The van der Waals surface area contributed by atoms with Gasteiger partial charge in [0.25, 0.3) is 0 Å². The van der Waals surface area contributed by atoms with Crippen molar-refractivity contribution in [3.63, 3.8) is 0 Å². The molecule has 2 aromatic heterocycles. The van der Waals surface area contributed by atoms with Crippen molar-refractivity contribution >= 4 is 11.6 Å². The number of anilines is 2. The number of nitrogens with zero attached hydrogens (tertiary/aromatic N) is 2. The fourth-order valence-corrected chi connectivity index (χ4v) is 1.81. The van der Waals surface area contributed by atoms with Crippen LogP contribution in [-0.2, 0) is 6.54 Å². The second-order valence-electron chi connectivity index (χ2n) is 4.49. The minimum Gasteiger partial charge on any atom is -0.326 e. The highest BCUT2D eigenvalue weighted by molar-refractivity contribution is 5.53. The van der Waals surface area contributed by atoms with Crippen LogP contribution < -0.4 is 11.1 Å². The van der Waals surface area contributed by atoms with E-state index in [2.05, 4.69) is 20.5 Å². The predicted octanol–water partition coefficient (Wildman–Crippen LogP) is 2.02. The Morgan fingerprint density at radius 1 is 1.44 bits per heavy atom. The summed E-state index contributed by atoms with van der Waals surface area (Å²) in [7, 11) is 0. The molecule has 2 heterocycles. The molecule has 0 saturated heterocycles. The Morgan fingerprint density at radius 2 is 2.28 bits per heavy atom. The van der Waals surface area contributed by atoms with Crippen LogP contribution in [0.1, 0.15) is 30.0 Å². The van der Waals surface area contributed by atoms with Gasteiger partial charge in [-0.05, 0) is 24.5 Å². The Bertz CT molecular complexity index is 561. The smallest absolute Gasteiger partial charge is 0.167 e. The third-order valence-electron chi connectivity index (χ3n) is 2.99. The van der Waals surface area contributed by atoms with E-state index in [1.807, 2.05) is 6.07 Å². The van der Waals surface area contributed by atoms with Gasteiger partial charge in [0, 0.05) is 30.4 Å². The van der Waals surface area contributed by atoms with Crippen LogP contribution >= 0.6 is 0 Å². The zero-order valence-electron chi connectivity index (χ0n) is 9.78. The van der Waals surface area contributed by atoms with Crippen LogP contribution in [0.25, 0.3) is 0 Å². The van der Waals surface area contributed by atoms with Gasteiger partial charge < -0.3 is 11.1 Å². The molecule has 0 unspecified atom stereocenters. The molecule has 1 saturated carbocycles. The summed E-state index contributed by atoms with van der Waals surface area (Å²) in [5.41, 5.74) is 7.18. The van der Waals surface area contributed by atoms with Crippen LogP contribution in [0.3, 0.4) is 0 Å². The van der Waals surface area contributed by atoms with Gasteiger partial charge in [0.15, 0.2) is 17.5 Å². The number of rotatable bonds is 4. The monoisotopic (exact) mass is 247 g/mol. The first-order valence-corrected chi connectivity index (χ1v) is 5.93. The zero-order chi connectivity index (χ0) is 12.5. The lowest BCUT2D eigenvalue weighted by atomic mass is 10.2. The average Bonchev–Trinajstić information content (AvgIpc) is 3.13. The molecule has 0 spiro atoms. The topological polar surface area (TPSA) is 79.6 Å². The minimum absolute atomic E-state index is 0.168. The molecule has 0 aliphatic heterocycles. The van der Waals surface area contributed by atoms with Gasteiger partial charge in [0.05, 0.1) is 0 Å². The fourth-order valence-electron chi connectivity index (χ4n) is 1.81. The molecule has 6 heteroatoms. The van der Waals surface area contributed by atoms with Gasteiger partial charge in [-0.1, -0.05) is 0 Å². The van der Waals surface area contributed by atoms with Crippen molar-refractivity contribution in [1.82, 2.24) is 15.2 Å². The first kappa shape index (κ1) is 11.2. The van der Waals surface area contributed by atoms with E-state index in [9.17, 15) is 4.39 Å². The second kappa shape index (κ2) is 4.38. The van der Waals surface area contributed by atoms with Crippen LogP contribution in [0.5, 0.6) is 0 Å². The van der Waals surface area contributed by atoms with Gasteiger partial charge in [-0.3, -0.25) is 5.10 Å². The molecule has 0 aromatic carbocycles. The lowest BCUT2D eigenvalue weighted by Gasteiger charge is -2.04. The largest absolute Gasteiger partial charge is 0.326 e. The third kappa shape index (κ3) is 2.19. The van der Waals surface area contributed by atoms with Gasteiger partial charge in [-0.15, -0.1) is 0 Å². The highest BCUT2D eigenvalue weighted by Gasteiger charge is 2.25. The zero-order valence-corrected chi connectivity index (χ0v) is 9.78. The normalized spacial score (nSPS) is 14.8. The highest BCUT2D eigenvalue weighted by atomic mass is 19.1. The number of nitrogens with two attached hydrogens (primary N) is 1. The van der Waals surface area contributed by atoms with E-state index in [0.29, 0.717) is 17.3 Å². The number of pyridine rings is 1. The summed E-state index contributed by atoms with van der Waals surface area (Å²) in [6, 6.07) is 3.28. The van der Waals surface area contributed by atoms with Crippen LogP contribution in [0.15, 0.2) is 18.3 Å². The van der Waals surface area contributed by atoms with E-state index in [0.717, 1.165) is 5.69 Å². The Hall–Kier alpha value is -1.95. The maximum Gasteiger partial charge on any atom is 0.167 e. The molecule has 0 bridgehead atoms. The SMILES string of the molecule is NCc1cnc(Nc2cc(C3CC3)[nH]n2)c(F)c1. The minimum atomic E-state index is -0.422. The molecule has 18 heavy (non-hydrogen) atoms. The summed E-state index contributed by atoms with van der Waals surface area (Å²) in [4.78, 5) is 3.99. The molecule has 1 aliphatic carbocycles. The first-order valence-electron chi connectivity index (χ1n) is 5.93. The van der Waals surface area contributed by atoms with E-state index in [-0.39, 0.29) is 12.4 Å². The van der Waals surface area contributed by atoms with Crippen molar-refractivity contribution in [3.8, 4) is 0 Å². The number of hydrogen-bond donors (Lipinski definition) is 3. The maximum atomic E-state index is 13.7. The number of aromatic nitrogens is 3. The molecule has 5 nitrogen and oxygen atoms in total. The molecular formula is C12H14FN5. The van der Waals surface area contributed by atoms with Gasteiger partial charge >= 0.3 is 0 Å². The number of hydrogen-bond acceptors (Lipinski definition) is 4. The van der Waals surface area contributed by atoms with E-state index in [1.54, 1.807) is 6.20 Å². The standard InChI is InChI=1S/C12H14FN5/c13-9-3-7(5-14)6-15-12(9)16-11-4-10(17-18-11)8-1-2-8/h3-4,6,8H,1-2,5,14H2,(H2,15,16,17,18). The van der Waals surface area contributed by atoms with Gasteiger partial charge in [0.2, 0.25) is 0 Å². The molecule has 2 aromatic rings. The van der Waals surface area contributed by atoms with Crippen LogP contribution in [0.2, 0.25) is 0 Å². The number of aromatic amines is 1. The third-order valence-corrected chi connectivity index (χ3v) is 2.99. The summed E-state index contributed by atoms with van der Waals surface area (Å²) in [5, 5.41) is 9.89. The van der Waals surface area contributed by atoms with Crippen molar-refractivity contribution in [2.24, 2.45) is 5.73 Å².